The van der Waals surface area contributed by atoms with Gasteiger partial charge in [-0.25, -0.2) is 0 Å². The van der Waals surface area contributed by atoms with Gasteiger partial charge in [-0.2, -0.15) is 0 Å². The molecule has 0 rings (SSSR count). The summed E-state index contributed by atoms with van der Waals surface area (Å²) in [6, 6.07) is 0. The van der Waals surface area contributed by atoms with E-state index >= 15 is 0 Å². The summed E-state index contributed by atoms with van der Waals surface area (Å²) >= 11 is 0. The van der Waals surface area contributed by atoms with Crippen molar-refractivity contribution in [1.82, 2.24) is 10.6 Å². The number of carbonyl (C=O) groups excluding carboxylic acids is 2. The van der Waals surface area contributed by atoms with E-state index in [0.717, 1.165) is 25.7 Å². The van der Waals surface area contributed by atoms with E-state index in [1.807, 2.05) is 0 Å². The Hall–Kier alpha value is -1.58. The second-order valence-corrected chi connectivity index (χ2v) is 15.2. The van der Waals surface area contributed by atoms with Crippen LogP contribution in [0.1, 0.15) is 245 Å². The van der Waals surface area contributed by atoms with E-state index in [9.17, 15) is 9.59 Å². The van der Waals surface area contributed by atoms with Crippen molar-refractivity contribution in [2.24, 2.45) is 0 Å². The van der Waals surface area contributed by atoms with E-state index in [1.165, 1.54) is 193 Å². The van der Waals surface area contributed by atoms with Crippen LogP contribution in [0, 0.1) is 0 Å². The fourth-order valence-electron chi connectivity index (χ4n) is 6.71. The molecular weight excluding hydrogens is 613 g/mol. The molecule has 4 nitrogen and oxygen atoms in total. The third kappa shape index (κ3) is 42.6. The molecule has 294 valence electrons. The topological polar surface area (TPSA) is 58.2 Å². The van der Waals surface area contributed by atoms with E-state index in [1.54, 1.807) is 0 Å². The normalized spacial score (nSPS) is 11.6. The third-order valence-corrected chi connectivity index (χ3v) is 10.1. The van der Waals surface area contributed by atoms with Crippen LogP contribution in [0.4, 0.5) is 0 Å². The van der Waals surface area contributed by atoms with E-state index in [-0.39, 0.29) is 11.8 Å². The number of amides is 2. The van der Waals surface area contributed by atoms with Gasteiger partial charge in [-0.15, -0.1) is 0 Å². The summed E-state index contributed by atoms with van der Waals surface area (Å²) in [4.78, 5) is 24.2. The maximum atomic E-state index is 12.1. The average Bonchev–Trinajstić information content (AvgIpc) is 3.12. The van der Waals surface area contributed by atoms with Crippen LogP contribution in [-0.4, -0.2) is 24.9 Å². The Kier molecular flexibility index (Phi) is 42.2. The first-order valence-corrected chi connectivity index (χ1v) is 22.5. The van der Waals surface area contributed by atoms with Gasteiger partial charge in [0, 0.05) is 25.9 Å². The molecule has 4 heteroatoms. The molecule has 0 fully saturated rings. The number of unbranched alkanes of at least 4 members (excludes halogenated alkanes) is 30. The Morgan fingerprint density at radius 2 is 0.540 bits per heavy atom. The van der Waals surface area contributed by atoms with Gasteiger partial charge in [0.05, 0.1) is 0 Å². The molecule has 0 unspecified atom stereocenters. The lowest BCUT2D eigenvalue weighted by Gasteiger charge is -2.07. The summed E-state index contributed by atoms with van der Waals surface area (Å²) in [7, 11) is 0. The first-order valence-electron chi connectivity index (χ1n) is 22.5. The molecule has 0 aliphatic rings. The second-order valence-electron chi connectivity index (χ2n) is 15.2. The van der Waals surface area contributed by atoms with Gasteiger partial charge in [0.2, 0.25) is 11.8 Å². The maximum Gasteiger partial charge on any atom is 0.220 e. The quantitative estimate of drug-likeness (QED) is 0.0493. The van der Waals surface area contributed by atoms with Gasteiger partial charge in [-0.1, -0.05) is 192 Å². The second kappa shape index (κ2) is 43.6. The molecule has 0 spiro atoms. The molecule has 0 saturated carbocycles. The van der Waals surface area contributed by atoms with Crippen LogP contribution in [0.2, 0.25) is 0 Å². The predicted octanol–water partition coefficient (Wildman–Crippen LogP) is 14.4. The number of nitrogens with one attached hydrogen (secondary N) is 2. The Morgan fingerprint density at radius 1 is 0.320 bits per heavy atom. The van der Waals surface area contributed by atoms with Crippen molar-refractivity contribution < 1.29 is 9.59 Å². The van der Waals surface area contributed by atoms with Gasteiger partial charge in [-0.05, 0) is 64.2 Å². The number of allylic oxidation sites excluding steroid dienone is 4. The molecule has 2 amide bonds. The summed E-state index contributed by atoms with van der Waals surface area (Å²) in [6.07, 6.45) is 55.3. The van der Waals surface area contributed by atoms with Crippen LogP contribution in [0.5, 0.6) is 0 Å². The van der Waals surface area contributed by atoms with Crippen LogP contribution >= 0.6 is 0 Å². The Labute approximate surface area is 313 Å². The summed E-state index contributed by atoms with van der Waals surface area (Å²) in [5.41, 5.74) is 0. The van der Waals surface area contributed by atoms with Gasteiger partial charge in [0.1, 0.15) is 0 Å². The number of hydrogen-bond donors (Lipinski definition) is 2. The molecule has 0 aliphatic carbocycles. The smallest absolute Gasteiger partial charge is 0.220 e. The largest absolute Gasteiger partial charge is 0.354 e. The first kappa shape index (κ1) is 48.4. The third-order valence-electron chi connectivity index (χ3n) is 10.1. The summed E-state index contributed by atoms with van der Waals surface area (Å²) in [6.45, 7) is 5.64. The predicted molar refractivity (Wildman–Crippen MR) is 222 cm³/mol. The fraction of sp³-hybridized carbons (Fsp3) is 0.870. The van der Waals surface area contributed by atoms with Crippen LogP contribution in [0.3, 0.4) is 0 Å². The van der Waals surface area contributed by atoms with E-state index in [4.69, 9.17) is 0 Å². The van der Waals surface area contributed by atoms with Crippen molar-refractivity contribution in [2.75, 3.05) is 13.1 Å². The lowest BCUT2D eigenvalue weighted by Crippen LogP contribution is -2.34. The van der Waals surface area contributed by atoms with Gasteiger partial charge in [-0.3, -0.25) is 9.59 Å². The van der Waals surface area contributed by atoms with E-state index < -0.39 is 0 Å². The highest BCUT2D eigenvalue weighted by atomic mass is 16.2. The Balaban J connectivity index is 3.31. The molecule has 0 aromatic carbocycles. The van der Waals surface area contributed by atoms with Gasteiger partial charge in [0.15, 0.2) is 0 Å². The van der Waals surface area contributed by atoms with Crippen LogP contribution < -0.4 is 10.6 Å². The minimum absolute atomic E-state index is 0.118. The highest BCUT2D eigenvalue weighted by molar-refractivity contribution is 5.77. The summed E-state index contributed by atoms with van der Waals surface area (Å²) in [5.74, 6) is 0.237. The highest BCUT2D eigenvalue weighted by Gasteiger charge is 2.03. The molecule has 0 atom stereocenters. The van der Waals surface area contributed by atoms with Crippen LogP contribution in [0.25, 0.3) is 0 Å². The minimum atomic E-state index is 0.118. The van der Waals surface area contributed by atoms with Gasteiger partial charge < -0.3 is 10.6 Å². The molecular formula is C46H88N2O2. The maximum absolute atomic E-state index is 12.1. The zero-order valence-corrected chi connectivity index (χ0v) is 34.0. The first-order chi connectivity index (χ1) is 24.7. The van der Waals surface area contributed by atoms with Crippen molar-refractivity contribution >= 4 is 11.8 Å². The Bertz CT molecular complexity index is 684. The number of carbonyl (C=O) groups is 2. The molecule has 0 aromatic heterocycles. The number of hydrogen-bond acceptors (Lipinski definition) is 2. The zero-order chi connectivity index (χ0) is 36.3. The molecule has 0 aromatic rings. The minimum Gasteiger partial charge on any atom is -0.354 e. The lowest BCUT2D eigenvalue weighted by molar-refractivity contribution is -0.123. The SMILES string of the molecule is CCCCCCCCCC/C=C\CCCCCCCCCC(=O)NCCNC(=O)CCCCCCCCC/C=C\CCCCCCCCCC. The van der Waals surface area contributed by atoms with Crippen LogP contribution in [-0.2, 0) is 9.59 Å². The molecule has 2 N–H and O–H groups in total. The molecule has 0 saturated heterocycles. The lowest BCUT2D eigenvalue weighted by atomic mass is 10.1. The average molecular weight is 701 g/mol. The van der Waals surface area contributed by atoms with Crippen molar-refractivity contribution in [1.29, 1.82) is 0 Å². The van der Waals surface area contributed by atoms with Crippen molar-refractivity contribution in [2.45, 2.75) is 245 Å². The van der Waals surface area contributed by atoms with E-state index in [0.29, 0.717) is 25.9 Å². The summed E-state index contributed by atoms with van der Waals surface area (Å²) in [5, 5.41) is 5.92. The standard InChI is InChI=1S/C46H88N2O2/c1-3-5-7-9-11-13-15-17-19-21-23-25-27-29-31-33-35-37-39-41-45(49)47-43-44-48-46(50)42-40-38-36-34-32-30-28-26-24-22-20-18-16-14-12-10-8-6-4-2/h21-24H,3-20,25-44H2,1-2H3,(H,47,49)(H,48,50)/b23-21-,24-22-. The van der Waals surface area contributed by atoms with Crippen molar-refractivity contribution in [3.8, 4) is 0 Å². The monoisotopic (exact) mass is 701 g/mol. The van der Waals surface area contributed by atoms with Crippen molar-refractivity contribution in [3.05, 3.63) is 24.3 Å². The Morgan fingerprint density at radius 3 is 0.800 bits per heavy atom. The number of rotatable bonds is 41. The summed E-state index contributed by atoms with van der Waals surface area (Å²) < 4.78 is 0. The molecule has 50 heavy (non-hydrogen) atoms. The van der Waals surface area contributed by atoms with Crippen LogP contribution in [0.15, 0.2) is 24.3 Å². The highest BCUT2D eigenvalue weighted by Crippen LogP contribution is 2.14. The van der Waals surface area contributed by atoms with Crippen molar-refractivity contribution in [3.63, 3.8) is 0 Å². The van der Waals surface area contributed by atoms with Gasteiger partial charge >= 0.3 is 0 Å². The molecule has 0 radical (unpaired) electrons. The molecule has 0 aliphatic heterocycles. The molecule has 0 heterocycles. The fourth-order valence-corrected chi connectivity index (χ4v) is 6.71. The van der Waals surface area contributed by atoms with Gasteiger partial charge in [0.25, 0.3) is 0 Å². The van der Waals surface area contributed by atoms with E-state index in [2.05, 4.69) is 48.8 Å². The molecule has 0 bridgehead atoms. The zero-order valence-electron chi connectivity index (χ0n) is 34.0.